The molecule has 1 aromatic carbocycles. The Labute approximate surface area is 134 Å². The molecule has 22 heavy (non-hydrogen) atoms. The first-order chi connectivity index (χ1) is 10.3. The maximum Gasteiger partial charge on any atom is 0.275 e. The molecule has 0 spiro atoms. The fraction of sp³-hybridized carbons (Fsp3) is 0.538. The van der Waals surface area contributed by atoms with E-state index in [1.807, 2.05) is 0 Å². The van der Waals surface area contributed by atoms with Crippen molar-refractivity contribution in [3.05, 3.63) is 32.8 Å². The average molecular weight is 348 g/mol. The normalized spacial score (nSPS) is 20.0. The average Bonchev–Trinajstić information content (AvgIpc) is 2.49. The summed E-state index contributed by atoms with van der Waals surface area (Å²) in [5, 5.41) is 14.2. The van der Waals surface area contributed by atoms with Gasteiger partial charge in [-0.15, -0.1) is 0 Å². The number of nitrogens with zero attached hydrogens (tertiary/aromatic N) is 2. The molecule has 1 unspecified atom stereocenters. The number of nitrogens with one attached hydrogen (secondary N) is 1. The number of hydrogen-bond donors (Lipinski definition) is 1. The Balaban J connectivity index is 2.43. The lowest BCUT2D eigenvalue weighted by Crippen LogP contribution is -2.46. The Hall–Kier alpha value is -1.22. The molecule has 2 rings (SSSR count). The third-order valence-corrected chi connectivity index (χ3v) is 6.15. The number of halogens is 1. The smallest absolute Gasteiger partial charge is 0.275 e. The molecule has 0 aliphatic carbocycles. The minimum Gasteiger partial charge on any atom is -0.316 e. The van der Waals surface area contributed by atoms with Crippen LogP contribution in [0.25, 0.3) is 0 Å². The Bertz CT molecular complexity index is 693. The second-order valence-electron chi connectivity index (χ2n) is 5.30. The number of nitro benzene ring substituents is 1. The van der Waals surface area contributed by atoms with E-state index in [1.165, 1.54) is 17.3 Å². The highest BCUT2D eigenvalue weighted by atomic mass is 35.5. The minimum absolute atomic E-state index is 0.0787. The number of piperidine rings is 1. The summed E-state index contributed by atoms with van der Waals surface area (Å²) in [6.45, 7) is 2.24. The van der Waals surface area contributed by atoms with Gasteiger partial charge < -0.3 is 5.32 Å². The molecule has 122 valence electrons. The van der Waals surface area contributed by atoms with Crippen LogP contribution in [0.2, 0.25) is 5.02 Å². The molecule has 0 bridgehead atoms. The molecular formula is C13H18ClN3O4S. The molecule has 0 radical (unpaired) electrons. The van der Waals surface area contributed by atoms with Gasteiger partial charge in [0.25, 0.3) is 5.69 Å². The molecule has 1 atom stereocenters. The summed E-state index contributed by atoms with van der Waals surface area (Å²) in [5.74, 6) is 0. The highest BCUT2D eigenvalue weighted by Gasteiger charge is 2.31. The van der Waals surface area contributed by atoms with Crippen LogP contribution in [0.4, 0.5) is 5.69 Å². The highest BCUT2D eigenvalue weighted by molar-refractivity contribution is 7.89. The van der Waals surface area contributed by atoms with E-state index < -0.39 is 14.9 Å². The van der Waals surface area contributed by atoms with Crippen LogP contribution >= 0.6 is 11.6 Å². The fourth-order valence-corrected chi connectivity index (χ4v) is 4.37. The van der Waals surface area contributed by atoms with Crippen LogP contribution in [0.5, 0.6) is 0 Å². The van der Waals surface area contributed by atoms with Crippen molar-refractivity contribution in [1.82, 2.24) is 9.62 Å². The molecule has 1 aromatic rings. The molecular weight excluding hydrogens is 330 g/mol. The van der Waals surface area contributed by atoms with E-state index in [1.54, 1.807) is 7.05 Å². The number of likely N-dealkylation sites (N-methyl/N-ethyl adjacent to an activating group) is 1. The van der Waals surface area contributed by atoms with Gasteiger partial charge in [0.2, 0.25) is 10.0 Å². The minimum atomic E-state index is -3.80. The molecule has 7 nitrogen and oxygen atoms in total. The number of sulfonamides is 1. The number of benzene rings is 1. The van der Waals surface area contributed by atoms with E-state index in [4.69, 9.17) is 11.6 Å². The van der Waals surface area contributed by atoms with Gasteiger partial charge in [-0.25, -0.2) is 8.42 Å². The second kappa shape index (κ2) is 6.49. The first kappa shape index (κ1) is 17.1. The monoisotopic (exact) mass is 347 g/mol. The van der Waals surface area contributed by atoms with Gasteiger partial charge in [0, 0.05) is 30.8 Å². The third kappa shape index (κ3) is 3.24. The van der Waals surface area contributed by atoms with Crippen molar-refractivity contribution in [3.63, 3.8) is 0 Å². The lowest BCUT2D eigenvalue weighted by Gasteiger charge is -2.31. The summed E-state index contributed by atoms with van der Waals surface area (Å²) in [7, 11) is -2.01. The summed E-state index contributed by atoms with van der Waals surface area (Å²) in [6, 6.07) is 2.45. The van der Waals surface area contributed by atoms with Gasteiger partial charge in [-0.05, 0) is 32.9 Å². The predicted molar refractivity (Wildman–Crippen MR) is 83.7 cm³/mol. The number of rotatable bonds is 4. The largest absolute Gasteiger partial charge is 0.316 e. The zero-order valence-electron chi connectivity index (χ0n) is 12.4. The van der Waals surface area contributed by atoms with E-state index in [9.17, 15) is 18.5 Å². The molecule has 0 amide bonds. The summed E-state index contributed by atoms with van der Waals surface area (Å²) in [5.41, 5.74) is -0.0226. The molecule has 9 heteroatoms. The molecule has 1 saturated heterocycles. The molecule has 1 aliphatic heterocycles. The summed E-state index contributed by atoms with van der Waals surface area (Å²) in [6.07, 6.45) is 1.64. The van der Waals surface area contributed by atoms with Crippen molar-refractivity contribution in [3.8, 4) is 0 Å². The zero-order chi connectivity index (χ0) is 16.5. The van der Waals surface area contributed by atoms with Gasteiger partial charge in [-0.2, -0.15) is 4.31 Å². The molecule has 1 heterocycles. The van der Waals surface area contributed by atoms with Crippen LogP contribution in [0, 0.1) is 17.0 Å². The van der Waals surface area contributed by atoms with Crippen LogP contribution in [-0.4, -0.2) is 43.8 Å². The van der Waals surface area contributed by atoms with Crippen molar-refractivity contribution in [2.45, 2.75) is 30.7 Å². The lowest BCUT2D eigenvalue weighted by atomic mass is 10.1. The fourth-order valence-electron chi connectivity index (χ4n) is 2.52. The van der Waals surface area contributed by atoms with Crippen LogP contribution < -0.4 is 5.32 Å². The van der Waals surface area contributed by atoms with Gasteiger partial charge in [-0.1, -0.05) is 11.6 Å². The Morgan fingerprint density at radius 1 is 1.45 bits per heavy atom. The van der Waals surface area contributed by atoms with Crippen molar-refractivity contribution in [2.24, 2.45) is 0 Å². The van der Waals surface area contributed by atoms with E-state index in [2.05, 4.69) is 5.32 Å². The first-order valence-electron chi connectivity index (χ1n) is 6.89. The quantitative estimate of drug-likeness (QED) is 0.663. The van der Waals surface area contributed by atoms with E-state index in [0.29, 0.717) is 13.1 Å². The topological polar surface area (TPSA) is 92.6 Å². The van der Waals surface area contributed by atoms with Crippen molar-refractivity contribution in [2.75, 3.05) is 20.1 Å². The Morgan fingerprint density at radius 3 is 2.73 bits per heavy atom. The predicted octanol–water partition coefficient (Wildman–Crippen LogP) is 1.93. The SMILES string of the molecule is CNC1CCCN(S(=O)(=O)c2cc(Cl)c(C)c([N+](=O)[O-])c2)C1. The number of nitro groups is 1. The van der Waals surface area contributed by atoms with E-state index in [0.717, 1.165) is 18.9 Å². The van der Waals surface area contributed by atoms with Crippen LogP contribution in [-0.2, 0) is 10.0 Å². The summed E-state index contributed by atoms with van der Waals surface area (Å²) >= 11 is 5.96. The second-order valence-corrected chi connectivity index (χ2v) is 7.64. The van der Waals surface area contributed by atoms with Gasteiger partial charge >= 0.3 is 0 Å². The standard InChI is InChI=1S/C13H18ClN3O4S/c1-9-12(14)6-11(7-13(9)17(18)19)22(20,21)16-5-3-4-10(8-16)15-2/h6-7,10,15H,3-5,8H2,1-2H3. The van der Waals surface area contributed by atoms with Gasteiger partial charge in [0.15, 0.2) is 0 Å². The summed E-state index contributed by atoms with van der Waals surface area (Å²) < 4.78 is 26.8. The third-order valence-electron chi connectivity index (χ3n) is 3.92. The molecule has 0 aromatic heterocycles. The maximum atomic E-state index is 12.7. The van der Waals surface area contributed by atoms with Crippen LogP contribution in [0.15, 0.2) is 17.0 Å². The molecule has 0 saturated carbocycles. The lowest BCUT2D eigenvalue weighted by molar-refractivity contribution is -0.385. The van der Waals surface area contributed by atoms with Crippen molar-refractivity contribution in [1.29, 1.82) is 0 Å². The van der Waals surface area contributed by atoms with Gasteiger partial charge in [-0.3, -0.25) is 10.1 Å². The van der Waals surface area contributed by atoms with Crippen molar-refractivity contribution < 1.29 is 13.3 Å². The molecule has 1 aliphatic rings. The Morgan fingerprint density at radius 2 is 2.14 bits per heavy atom. The number of hydrogen-bond acceptors (Lipinski definition) is 5. The maximum absolute atomic E-state index is 12.7. The Kier molecular flexibility index (Phi) is 5.06. The van der Waals surface area contributed by atoms with E-state index in [-0.39, 0.29) is 27.2 Å². The van der Waals surface area contributed by atoms with Crippen LogP contribution in [0.3, 0.4) is 0 Å². The van der Waals surface area contributed by atoms with Crippen molar-refractivity contribution >= 4 is 27.3 Å². The van der Waals surface area contributed by atoms with Gasteiger partial charge in [0.1, 0.15) is 0 Å². The summed E-state index contributed by atoms with van der Waals surface area (Å²) in [4.78, 5) is 10.3. The highest BCUT2D eigenvalue weighted by Crippen LogP contribution is 2.31. The van der Waals surface area contributed by atoms with Crippen LogP contribution in [0.1, 0.15) is 18.4 Å². The first-order valence-corrected chi connectivity index (χ1v) is 8.71. The van der Waals surface area contributed by atoms with E-state index >= 15 is 0 Å². The molecule has 1 fully saturated rings. The molecule has 1 N–H and O–H groups in total. The zero-order valence-corrected chi connectivity index (χ0v) is 13.9. The van der Waals surface area contributed by atoms with Gasteiger partial charge in [0.05, 0.1) is 14.8 Å².